The molecular weight excluding hydrogens is 250 g/mol. The number of amides is 1. The Labute approximate surface area is 110 Å². The molecule has 2 aromatic rings. The van der Waals surface area contributed by atoms with E-state index in [1.54, 1.807) is 24.4 Å². The largest absolute Gasteiger partial charge is 0.381 e. The summed E-state index contributed by atoms with van der Waals surface area (Å²) in [5, 5.41) is 3.66. The molecular formula is C13H12ClN3O. The molecule has 2 rings (SSSR count). The van der Waals surface area contributed by atoms with E-state index in [4.69, 9.17) is 17.3 Å². The number of benzene rings is 1. The lowest BCUT2D eigenvalue weighted by Crippen LogP contribution is -2.10. The Hall–Kier alpha value is -2.07. The highest BCUT2D eigenvalue weighted by atomic mass is 35.5. The predicted octanol–water partition coefficient (Wildman–Crippen LogP) is 2.45. The average molecular weight is 262 g/mol. The van der Waals surface area contributed by atoms with Crippen molar-refractivity contribution in [3.63, 3.8) is 0 Å². The van der Waals surface area contributed by atoms with Gasteiger partial charge in [-0.3, -0.25) is 4.79 Å². The fourth-order valence-electron chi connectivity index (χ4n) is 1.50. The smallest absolute Gasteiger partial charge is 0.248 e. The van der Waals surface area contributed by atoms with Crippen molar-refractivity contribution >= 4 is 23.2 Å². The van der Waals surface area contributed by atoms with E-state index in [1.807, 2.05) is 18.2 Å². The number of carbonyl (C=O) groups is 1. The third-order valence-corrected chi connectivity index (χ3v) is 2.67. The van der Waals surface area contributed by atoms with Gasteiger partial charge in [0.15, 0.2) is 0 Å². The quantitative estimate of drug-likeness (QED) is 0.831. The fourth-order valence-corrected chi connectivity index (χ4v) is 1.68. The van der Waals surface area contributed by atoms with Gasteiger partial charge in [0.05, 0.1) is 0 Å². The van der Waals surface area contributed by atoms with Gasteiger partial charge in [0.25, 0.3) is 0 Å². The number of rotatable bonds is 4. The molecule has 4 nitrogen and oxygen atoms in total. The molecule has 0 aliphatic heterocycles. The SMILES string of the molecule is NC(=O)c1ccc(CNc2ccnc(Cl)c2)cc1. The van der Waals surface area contributed by atoms with Crippen LogP contribution in [0.25, 0.3) is 0 Å². The molecule has 92 valence electrons. The van der Waals surface area contributed by atoms with Crippen LogP contribution in [0.15, 0.2) is 42.6 Å². The Kier molecular flexibility index (Phi) is 3.79. The summed E-state index contributed by atoms with van der Waals surface area (Å²) in [5.41, 5.74) is 7.62. The lowest BCUT2D eigenvalue weighted by atomic mass is 10.1. The number of hydrogen-bond donors (Lipinski definition) is 2. The van der Waals surface area contributed by atoms with Gasteiger partial charge in [-0.25, -0.2) is 4.98 Å². The van der Waals surface area contributed by atoms with Crippen LogP contribution in [0, 0.1) is 0 Å². The second-order valence-corrected chi connectivity index (χ2v) is 4.17. The maximum absolute atomic E-state index is 10.9. The maximum atomic E-state index is 10.9. The third kappa shape index (κ3) is 3.21. The molecule has 1 heterocycles. The van der Waals surface area contributed by atoms with Gasteiger partial charge in [-0.15, -0.1) is 0 Å². The van der Waals surface area contributed by atoms with E-state index in [2.05, 4.69) is 10.3 Å². The molecule has 18 heavy (non-hydrogen) atoms. The summed E-state index contributed by atoms with van der Waals surface area (Å²) in [4.78, 5) is 14.8. The first-order chi connectivity index (χ1) is 8.65. The number of nitrogens with two attached hydrogens (primary N) is 1. The average Bonchev–Trinajstić information content (AvgIpc) is 2.37. The van der Waals surface area contributed by atoms with Crippen LogP contribution in [-0.2, 0) is 6.54 Å². The van der Waals surface area contributed by atoms with Crippen molar-refractivity contribution in [2.75, 3.05) is 5.32 Å². The number of nitrogens with one attached hydrogen (secondary N) is 1. The van der Waals surface area contributed by atoms with Gasteiger partial charge in [0.1, 0.15) is 5.15 Å². The van der Waals surface area contributed by atoms with Crippen LogP contribution in [0.4, 0.5) is 5.69 Å². The molecule has 1 amide bonds. The lowest BCUT2D eigenvalue weighted by molar-refractivity contribution is 0.100. The number of aromatic nitrogens is 1. The van der Waals surface area contributed by atoms with Crippen LogP contribution in [0.2, 0.25) is 5.15 Å². The van der Waals surface area contributed by atoms with Gasteiger partial charge in [0.2, 0.25) is 5.91 Å². The van der Waals surface area contributed by atoms with Crippen LogP contribution in [-0.4, -0.2) is 10.9 Å². The lowest BCUT2D eigenvalue weighted by Gasteiger charge is -2.06. The summed E-state index contributed by atoms with van der Waals surface area (Å²) in [6.07, 6.45) is 1.64. The molecule has 0 saturated carbocycles. The maximum Gasteiger partial charge on any atom is 0.248 e. The number of pyridine rings is 1. The highest BCUT2D eigenvalue weighted by Gasteiger charge is 2.00. The number of nitrogens with zero attached hydrogens (tertiary/aromatic N) is 1. The molecule has 3 N–H and O–H groups in total. The topological polar surface area (TPSA) is 68.0 Å². The molecule has 0 atom stereocenters. The summed E-state index contributed by atoms with van der Waals surface area (Å²) >= 11 is 5.78. The van der Waals surface area contributed by atoms with Gasteiger partial charge in [-0.1, -0.05) is 23.7 Å². The van der Waals surface area contributed by atoms with Crippen molar-refractivity contribution in [2.24, 2.45) is 5.73 Å². The number of carbonyl (C=O) groups excluding carboxylic acids is 1. The Bertz CT molecular complexity index is 554. The van der Waals surface area contributed by atoms with Crippen LogP contribution in [0.5, 0.6) is 0 Å². The van der Waals surface area contributed by atoms with Gasteiger partial charge in [-0.2, -0.15) is 0 Å². The van der Waals surface area contributed by atoms with Gasteiger partial charge < -0.3 is 11.1 Å². The fraction of sp³-hybridized carbons (Fsp3) is 0.0769. The standard InChI is InChI=1S/C13H12ClN3O/c14-12-7-11(5-6-16-12)17-8-9-1-3-10(4-2-9)13(15)18/h1-7H,8H2,(H2,15,18)(H,16,17). The van der Waals surface area contributed by atoms with Crippen LogP contribution < -0.4 is 11.1 Å². The zero-order chi connectivity index (χ0) is 13.0. The molecule has 1 aromatic heterocycles. The van der Waals surface area contributed by atoms with Crippen molar-refractivity contribution < 1.29 is 4.79 Å². The van der Waals surface area contributed by atoms with Crippen LogP contribution >= 0.6 is 11.6 Å². The Morgan fingerprint density at radius 1 is 1.28 bits per heavy atom. The first-order valence-corrected chi connectivity index (χ1v) is 5.77. The molecule has 0 bridgehead atoms. The summed E-state index contributed by atoms with van der Waals surface area (Å²) in [6.45, 7) is 0.638. The van der Waals surface area contributed by atoms with E-state index in [0.717, 1.165) is 11.3 Å². The van der Waals surface area contributed by atoms with Gasteiger partial charge in [0, 0.05) is 24.0 Å². The molecule has 0 saturated heterocycles. The molecule has 0 aliphatic rings. The number of primary amides is 1. The Morgan fingerprint density at radius 3 is 2.61 bits per heavy atom. The van der Waals surface area contributed by atoms with Crippen molar-refractivity contribution in [3.05, 3.63) is 58.9 Å². The molecule has 0 unspecified atom stereocenters. The van der Waals surface area contributed by atoms with Crippen LogP contribution in [0.3, 0.4) is 0 Å². The highest BCUT2D eigenvalue weighted by Crippen LogP contribution is 2.13. The van der Waals surface area contributed by atoms with Crippen LogP contribution in [0.1, 0.15) is 15.9 Å². The summed E-state index contributed by atoms with van der Waals surface area (Å²) in [7, 11) is 0. The summed E-state index contributed by atoms with van der Waals surface area (Å²) < 4.78 is 0. The third-order valence-electron chi connectivity index (χ3n) is 2.46. The Balaban J connectivity index is 2.00. The van der Waals surface area contributed by atoms with Crippen molar-refractivity contribution in [2.45, 2.75) is 6.54 Å². The molecule has 1 aromatic carbocycles. The minimum atomic E-state index is -0.421. The zero-order valence-electron chi connectivity index (χ0n) is 9.56. The van der Waals surface area contributed by atoms with Crippen molar-refractivity contribution in [3.8, 4) is 0 Å². The first-order valence-electron chi connectivity index (χ1n) is 5.39. The number of hydrogen-bond acceptors (Lipinski definition) is 3. The molecule has 0 fully saturated rings. The van der Waals surface area contributed by atoms with E-state index in [1.165, 1.54) is 0 Å². The van der Waals surface area contributed by atoms with Crippen molar-refractivity contribution in [1.82, 2.24) is 4.98 Å². The minimum absolute atomic E-state index is 0.421. The molecule has 5 heteroatoms. The van der Waals surface area contributed by atoms with E-state index in [0.29, 0.717) is 17.3 Å². The van der Waals surface area contributed by atoms with Crippen molar-refractivity contribution in [1.29, 1.82) is 0 Å². The second-order valence-electron chi connectivity index (χ2n) is 3.78. The van der Waals surface area contributed by atoms with Gasteiger partial charge in [-0.05, 0) is 29.8 Å². The predicted molar refractivity (Wildman–Crippen MR) is 71.5 cm³/mol. The van der Waals surface area contributed by atoms with E-state index < -0.39 is 5.91 Å². The molecule has 0 radical (unpaired) electrons. The summed E-state index contributed by atoms with van der Waals surface area (Å²) in [5.74, 6) is -0.421. The zero-order valence-corrected chi connectivity index (χ0v) is 10.3. The summed E-state index contributed by atoms with van der Waals surface area (Å²) in [6, 6.07) is 10.7. The van der Waals surface area contributed by atoms with E-state index in [9.17, 15) is 4.79 Å². The second kappa shape index (κ2) is 5.51. The normalized spacial score (nSPS) is 10.1. The Morgan fingerprint density at radius 2 is 2.00 bits per heavy atom. The minimum Gasteiger partial charge on any atom is -0.381 e. The molecule has 0 spiro atoms. The first kappa shape index (κ1) is 12.4. The monoisotopic (exact) mass is 261 g/mol. The van der Waals surface area contributed by atoms with E-state index in [-0.39, 0.29) is 0 Å². The van der Waals surface area contributed by atoms with Gasteiger partial charge >= 0.3 is 0 Å². The highest BCUT2D eigenvalue weighted by molar-refractivity contribution is 6.29. The number of anilines is 1. The number of halogens is 1. The molecule has 0 aliphatic carbocycles. The van der Waals surface area contributed by atoms with E-state index >= 15 is 0 Å².